The molecule has 0 aliphatic heterocycles. The second-order valence-corrected chi connectivity index (χ2v) is 23.5. The van der Waals surface area contributed by atoms with E-state index in [9.17, 15) is 0 Å². The van der Waals surface area contributed by atoms with Gasteiger partial charge in [-0.05, 0) is 108 Å². The van der Waals surface area contributed by atoms with Crippen LogP contribution >= 0.6 is 17.0 Å². The first-order valence-electron chi connectivity index (χ1n) is 16.0. The molecule has 1 aromatic rings. The molecule has 0 bridgehead atoms. The molecule has 0 radical (unpaired) electrons. The van der Waals surface area contributed by atoms with Crippen molar-refractivity contribution >= 4 is 25.1 Å². The molecule has 1 aromatic carbocycles. The van der Waals surface area contributed by atoms with E-state index in [1.54, 1.807) is 18.4 Å². The van der Waals surface area contributed by atoms with Crippen molar-refractivity contribution < 1.29 is 20.8 Å². The number of hydrogen-bond acceptors (Lipinski definition) is 0. The summed E-state index contributed by atoms with van der Waals surface area (Å²) in [5, 5.41) is 0. The Bertz CT molecular complexity index is 921. The Kier molecular flexibility index (Phi) is 13.2. The fourth-order valence-electron chi connectivity index (χ4n) is 11.7. The van der Waals surface area contributed by atoms with Gasteiger partial charge in [0.15, 0.2) is 0 Å². The van der Waals surface area contributed by atoms with Gasteiger partial charge in [-0.3, -0.25) is 0 Å². The van der Waals surface area contributed by atoms with Crippen LogP contribution in [0.25, 0.3) is 0 Å². The normalized spacial score (nSPS) is 37.6. The average Bonchev–Trinajstić information content (AvgIpc) is 3.63. The summed E-state index contributed by atoms with van der Waals surface area (Å²) < 4.78 is 0. The molecule has 224 valence electrons. The third kappa shape index (κ3) is 6.38. The summed E-state index contributed by atoms with van der Waals surface area (Å²) >= 11 is -0.826. The standard InChI is InChI=1S/C34H52Si.2CH3.2ClH.Zr/c1-5-22-35(3,4)32-23-31(27-17-10-11-18-28(27)32)34(2,24-14-7-6-8-15-24)33-29-19-12-9-16-25(29)26-20-13-21-30(26)33;;;;;/h5-8,14-15,25-33H,1,9-13,16-23H2,2-4H3;2*1H3;2*1H;/q;2*-1;;;+4/p-2. The van der Waals surface area contributed by atoms with Gasteiger partial charge < -0.3 is 14.9 Å². The predicted octanol–water partition coefficient (Wildman–Crippen LogP) is 12.2. The maximum atomic E-state index is 4.93. The van der Waals surface area contributed by atoms with Crippen molar-refractivity contribution in [3.8, 4) is 0 Å². The zero-order valence-corrected chi connectivity index (χ0v) is 31.3. The summed E-state index contributed by atoms with van der Waals surface area (Å²) in [5.41, 5.74) is 3.08. The molecule has 0 N–H and O–H groups in total. The molecule has 10 unspecified atom stereocenters. The summed E-state index contributed by atoms with van der Waals surface area (Å²) in [7, 11) is 8.55. The zero-order valence-electron chi connectivity index (χ0n) is 26.3. The van der Waals surface area contributed by atoms with E-state index in [-0.39, 0.29) is 14.9 Å². The number of rotatable bonds is 6. The van der Waals surface area contributed by atoms with Crippen LogP contribution in [-0.2, 0) is 26.3 Å². The second-order valence-electron chi connectivity index (χ2n) is 14.7. The van der Waals surface area contributed by atoms with E-state index in [4.69, 9.17) is 17.0 Å². The van der Waals surface area contributed by atoms with E-state index in [0.29, 0.717) is 5.41 Å². The van der Waals surface area contributed by atoms with Crippen LogP contribution in [-0.4, -0.2) is 8.07 Å². The van der Waals surface area contributed by atoms with Crippen LogP contribution in [0, 0.1) is 62.2 Å². The van der Waals surface area contributed by atoms with Gasteiger partial charge in [0.25, 0.3) is 0 Å². The molecule has 0 saturated heterocycles. The number of benzene rings is 1. The molecule has 0 heterocycles. The van der Waals surface area contributed by atoms with Gasteiger partial charge in [-0.1, -0.05) is 95.0 Å². The summed E-state index contributed by atoms with van der Waals surface area (Å²) in [6, 6.07) is 13.5. The molecule has 0 amide bonds. The molecule has 40 heavy (non-hydrogen) atoms. The van der Waals surface area contributed by atoms with Crippen LogP contribution in [0.5, 0.6) is 0 Å². The van der Waals surface area contributed by atoms with Crippen molar-refractivity contribution in [2.45, 2.75) is 114 Å². The number of fused-ring (bicyclic) bond motifs is 4. The molecule has 5 saturated carbocycles. The zero-order chi connectivity index (χ0) is 26.9. The molecule has 0 spiro atoms. The molecule has 0 nitrogen and oxygen atoms in total. The van der Waals surface area contributed by atoms with Gasteiger partial charge in [-0.25, -0.2) is 0 Å². The number of hydrogen-bond donors (Lipinski definition) is 0. The first-order chi connectivity index (χ1) is 18.4. The fraction of sp³-hybridized carbons (Fsp3) is 0.722. The van der Waals surface area contributed by atoms with E-state index < -0.39 is 28.9 Å². The van der Waals surface area contributed by atoms with E-state index in [1.807, 2.05) is 0 Å². The van der Waals surface area contributed by atoms with E-state index in [1.165, 1.54) is 70.3 Å². The molecule has 5 fully saturated rings. The summed E-state index contributed by atoms with van der Waals surface area (Å²) in [4.78, 5) is 0. The van der Waals surface area contributed by atoms with E-state index in [2.05, 4.69) is 63.0 Å². The number of halogens is 2. The average molecular weight is 681 g/mol. The van der Waals surface area contributed by atoms with Crippen LogP contribution < -0.4 is 0 Å². The quantitative estimate of drug-likeness (QED) is 0.159. The second kappa shape index (κ2) is 15.1. The van der Waals surface area contributed by atoms with Crippen LogP contribution in [0.3, 0.4) is 0 Å². The Morgan fingerprint density at radius 2 is 1.27 bits per heavy atom. The SMILES string of the molecule is C=CC[Si](C)(C)C1CC(C(C)(c2ccccc2)C2C3CCCCC3C3CCCC32)C2CCCCC21.[CH3-].[CH3-].[Cl][Zr+2][Cl]. The predicted molar refractivity (Wildman–Crippen MR) is 178 cm³/mol. The molecule has 0 aromatic heterocycles. The first kappa shape index (κ1) is 35.1. The summed E-state index contributed by atoms with van der Waals surface area (Å²) in [5.74, 6) is 7.91. The van der Waals surface area contributed by atoms with Gasteiger partial charge >= 0.3 is 37.9 Å². The Hall–Kier alpha value is 0.640. The van der Waals surface area contributed by atoms with Gasteiger partial charge in [0.2, 0.25) is 0 Å². The molecular weight excluding hydrogens is 623 g/mol. The minimum absolute atomic E-state index is 0. The molecular formula is C36H58Cl2SiZr. The molecule has 5 aliphatic carbocycles. The minimum atomic E-state index is -1.32. The summed E-state index contributed by atoms with van der Waals surface area (Å²) in [6.07, 6.45) is 20.5. The third-order valence-corrected chi connectivity index (χ3v) is 16.9. The van der Waals surface area contributed by atoms with Crippen LogP contribution in [0.15, 0.2) is 43.0 Å². The Morgan fingerprint density at radius 1 is 0.800 bits per heavy atom. The van der Waals surface area contributed by atoms with Crippen molar-refractivity contribution in [1.82, 2.24) is 0 Å². The van der Waals surface area contributed by atoms with Gasteiger partial charge in [0, 0.05) is 0 Å². The first-order valence-corrected chi connectivity index (χ1v) is 25.6. The Balaban J connectivity index is 0.000000846. The monoisotopic (exact) mass is 678 g/mol. The van der Waals surface area contributed by atoms with Crippen LogP contribution in [0.4, 0.5) is 0 Å². The van der Waals surface area contributed by atoms with Gasteiger partial charge in [-0.15, -0.1) is 6.58 Å². The van der Waals surface area contributed by atoms with Crippen molar-refractivity contribution in [3.63, 3.8) is 0 Å². The maximum absolute atomic E-state index is 4.93. The van der Waals surface area contributed by atoms with E-state index in [0.717, 1.165) is 52.9 Å². The topological polar surface area (TPSA) is 0 Å². The molecule has 4 heteroatoms. The van der Waals surface area contributed by atoms with Gasteiger partial charge in [0.1, 0.15) is 0 Å². The summed E-state index contributed by atoms with van der Waals surface area (Å²) in [6.45, 7) is 12.5. The van der Waals surface area contributed by atoms with Crippen molar-refractivity contribution in [1.29, 1.82) is 0 Å². The number of allylic oxidation sites excluding steroid dienone is 1. The van der Waals surface area contributed by atoms with Crippen molar-refractivity contribution in [2.24, 2.45) is 47.3 Å². The fourth-order valence-corrected chi connectivity index (χ4v) is 15.3. The van der Waals surface area contributed by atoms with Crippen LogP contribution in [0.2, 0.25) is 24.7 Å². The molecule has 6 rings (SSSR count). The van der Waals surface area contributed by atoms with Crippen molar-refractivity contribution in [3.05, 3.63) is 63.4 Å². The molecule has 5 aliphatic rings. The molecule has 10 atom stereocenters. The Labute approximate surface area is 268 Å². The van der Waals surface area contributed by atoms with Crippen LogP contribution in [0.1, 0.15) is 89.5 Å². The van der Waals surface area contributed by atoms with Crippen molar-refractivity contribution in [2.75, 3.05) is 0 Å². The van der Waals surface area contributed by atoms with Gasteiger partial charge in [0.05, 0.1) is 8.07 Å². The van der Waals surface area contributed by atoms with Gasteiger partial charge in [-0.2, -0.15) is 0 Å². The Morgan fingerprint density at radius 3 is 1.85 bits per heavy atom. The van der Waals surface area contributed by atoms with E-state index >= 15 is 0 Å². The third-order valence-electron chi connectivity index (χ3n) is 12.9.